The molecule has 23 heavy (non-hydrogen) atoms. The van der Waals surface area contributed by atoms with Gasteiger partial charge in [0.25, 0.3) is 0 Å². The standard InChI is InChI=1S/C17H17N5O/c1-12(16-20-19-15-8-4-5-10-22(15)16)18-17(23)21-11-9-13-6-2-3-7-14(13)21/h2-8,10,12H,9,11H2,1H3,(H,18,23)/t12-/m1/s1. The largest absolute Gasteiger partial charge is 0.328 e. The van der Waals surface area contributed by atoms with Crippen LogP contribution in [0.4, 0.5) is 10.5 Å². The van der Waals surface area contributed by atoms with Crippen LogP contribution in [0.1, 0.15) is 24.4 Å². The van der Waals surface area contributed by atoms with Crippen molar-refractivity contribution in [3.8, 4) is 0 Å². The first-order valence-corrected chi connectivity index (χ1v) is 7.69. The van der Waals surface area contributed by atoms with Gasteiger partial charge in [0.15, 0.2) is 11.5 Å². The predicted octanol–water partition coefficient (Wildman–Crippen LogP) is 2.56. The minimum Gasteiger partial charge on any atom is -0.328 e. The zero-order chi connectivity index (χ0) is 15.8. The smallest absolute Gasteiger partial charge is 0.322 e. The highest BCUT2D eigenvalue weighted by Gasteiger charge is 2.26. The number of nitrogens with zero attached hydrogens (tertiary/aromatic N) is 4. The Labute approximate surface area is 133 Å². The van der Waals surface area contributed by atoms with Crippen LogP contribution in [-0.2, 0) is 6.42 Å². The number of anilines is 1. The first-order chi connectivity index (χ1) is 11.2. The van der Waals surface area contributed by atoms with Crippen molar-refractivity contribution in [2.24, 2.45) is 0 Å². The van der Waals surface area contributed by atoms with Gasteiger partial charge in [0.05, 0.1) is 6.04 Å². The van der Waals surface area contributed by atoms with Crippen molar-refractivity contribution in [1.82, 2.24) is 19.9 Å². The number of amides is 2. The third-order valence-electron chi connectivity index (χ3n) is 4.20. The molecule has 0 fully saturated rings. The quantitative estimate of drug-likeness (QED) is 0.791. The van der Waals surface area contributed by atoms with E-state index in [9.17, 15) is 4.79 Å². The monoisotopic (exact) mass is 307 g/mol. The Hall–Kier alpha value is -2.89. The van der Waals surface area contributed by atoms with Crippen molar-refractivity contribution >= 4 is 17.4 Å². The maximum Gasteiger partial charge on any atom is 0.322 e. The molecule has 1 aliphatic heterocycles. The minimum atomic E-state index is -0.229. The van der Waals surface area contributed by atoms with Gasteiger partial charge >= 0.3 is 6.03 Å². The van der Waals surface area contributed by atoms with Gasteiger partial charge in [0.2, 0.25) is 0 Å². The lowest BCUT2D eigenvalue weighted by Gasteiger charge is -2.20. The molecule has 0 saturated carbocycles. The fraction of sp³-hybridized carbons (Fsp3) is 0.235. The summed E-state index contributed by atoms with van der Waals surface area (Å²) in [6.45, 7) is 2.63. The number of nitrogens with one attached hydrogen (secondary N) is 1. The number of carbonyl (C=O) groups excluding carboxylic acids is 1. The molecule has 0 unspecified atom stereocenters. The van der Waals surface area contributed by atoms with Crippen LogP contribution in [0.15, 0.2) is 48.7 Å². The molecule has 3 heterocycles. The molecule has 0 bridgehead atoms. The van der Waals surface area contributed by atoms with E-state index in [0.29, 0.717) is 6.54 Å². The van der Waals surface area contributed by atoms with Crippen molar-refractivity contribution in [2.75, 3.05) is 11.4 Å². The first-order valence-electron chi connectivity index (χ1n) is 7.69. The highest BCUT2D eigenvalue weighted by atomic mass is 16.2. The van der Waals surface area contributed by atoms with Crippen LogP contribution in [0.5, 0.6) is 0 Å². The summed E-state index contributed by atoms with van der Waals surface area (Å²) in [6.07, 6.45) is 2.80. The molecule has 6 nitrogen and oxygen atoms in total. The maximum atomic E-state index is 12.6. The Morgan fingerprint density at radius 2 is 2.00 bits per heavy atom. The highest BCUT2D eigenvalue weighted by Crippen LogP contribution is 2.27. The summed E-state index contributed by atoms with van der Waals surface area (Å²) in [7, 11) is 0. The number of aromatic nitrogens is 3. The summed E-state index contributed by atoms with van der Waals surface area (Å²) in [5.41, 5.74) is 2.97. The van der Waals surface area contributed by atoms with Gasteiger partial charge in [-0.25, -0.2) is 4.79 Å². The number of carbonyl (C=O) groups is 1. The van der Waals surface area contributed by atoms with Crippen LogP contribution in [0.2, 0.25) is 0 Å². The van der Waals surface area contributed by atoms with Gasteiger partial charge in [-0.05, 0) is 37.1 Å². The number of para-hydroxylation sites is 1. The third-order valence-corrected chi connectivity index (χ3v) is 4.20. The molecule has 116 valence electrons. The van der Waals surface area contributed by atoms with Gasteiger partial charge in [0.1, 0.15) is 0 Å². The van der Waals surface area contributed by atoms with Crippen molar-refractivity contribution in [1.29, 1.82) is 0 Å². The predicted molar refractivity (Wildman–Crippen MR) is 87.4 cm³/mol. The Bertz CT molecular complexity index is 872. The molecular weight excluding hydrogens is 290 g/mol. The van der Waals surface area contributed by atoms with Crippen LogP contribution < -0.4 is 10.2 Å². The van der Waals surface area contributed by atoms with Gasteiger partial charge in [-0.15, -0.1) is 10.2 Å². The lowest BCUT2D eigenvalue weighted by molar-refractivity contribution is 0.243. The van der Waals surface area contributed by atoms with Crippen molar-refractivity contribution in [3.63, 3.8) is 0 Å². The molecule has 0 spiro atoms. The summed E-state index contributed by atoms with van der Waals surface area (Å²) in [6, 6.07) is 13.4. The Morgan fingerprint density at radius 1 is 1.17 bits per heavy atom. The summed E-state index contributed by atoms with van der Waals surface area (Å²) in [5, 5.41) is 11.3. The number of rotatable bonds is 2. The number of hydrogen-bond donors (Lipinski definition) is 1. The van der Waals surface area contributed by atoms with Crippen LogP contribution in [0.25, 0.3) is 5.65 Å². The van der Waals surface area contributed by atoms with E-state index in [4.69, 9.17) is 0 Å². The number of hydrogen-bond acceptors (Lipinski definition) is 3. The molecule has 0 aliphatic carbocycles. The molecule has 1 aliphatic rings. The van der Waals surface area contributed by atoms with Gasteiger partial charge in [-0.3, -0.25) is 9.30 Å². The third kappa shape index (κ3) is 2.32. The van der Waals surface area contributed by atoms with E-state index < -0.39 is 0 Å². The lowest BCUT2D eigenvalue weighted by Crippen LogP contribution is -2.40. The van der Waals surface area contributed by atoms with Gasteiger partial charge < -0.3 is 5.32 Å². The lowest BCUT2D eigenvalue weighted by atomic mass is 10.2. The molecular formula is C17H17N5O. The van der Waals surface area contributed by atoms with E-state index in [1.54, 1.807) is 4.90 Å². The second kappa shape index (κ2) is 5.39. The number of fused-ring (bicyclic) bond motifs is 2. The van der Waals surface area contributed by atoms with E-state index in [1.807, 2.05) is 53.9 Å². The summed E-state index contributed by atoms with van der Waals surface area (Å²) < 4.78 is 1.89. The minimum absolute atomic E-state index is 0.102. The molecule has 2 amide bonds. The topological polar surface area (TPSA) is 62.5 Å². The number of urea groups is 1. The van der Waals surface area contributed by atoms with Crippen LogP contribution in [-0.4, -0.2) is 27.2 Å². The second-order valence-corrected chi connectivity index (χ2v) is 5.69. The van der Waals surface area contributed by atoms with Crippen LogP contribution >= 0.6 is 0 Å². The highest BCUT2D eigenvalue weighted by molar-refractivity contribution is 5.94. The Morgan fingerprint density at radius 3 is 2.91 bits per heavy atom. The Balaban J connectivity index is 1.55. The van der Waals surface area contributed by atoms with Crippen molar-refractivity contribution in [3.05, 3.63) is 60.0 Å². The van der Waals surface area contributed by atoms with Crippen LogP contribution in [0.3, 0.4) is 0 Å². The SMILES string of the molecule is C[C@@H](NC(=O)N1CCc2ccccc21)c1nnc2ccccn12. The number of benzene rings is 1. The average molecular weight is 307 g/mol. The molecule has 1 N–H and O–H groups in total. The summed E-state index contributed by atoms with van der Waals surface area (Å²) >= 11 is 0. The Kier molecular flexibility index (Phi) is 3.22. The molecule has 1 atom stereocenters. The molecule has 2 aromatic heterocycles. The van der Waals surface area contributed by atoms with E-state index >= 15 is 0 Å². The van der Waals surface area contributed by atoms with Crippen molar-refractivity contribution < 1.29 is 4.79 Å². The van der Waals surface area contributed by atoms with E-state index in [0.717, 1.165) is 23.6 Å². The molecule has 0 saturated heterocycles. The molecule has 6 heteroatoms. The number of pyridine rings is 1. The molecule has 1 aromatic carbocycles. The summed E-state index contributed by atoms with van der Waals surface area (Å²) in [4.78, 5) is 14.4. The van der Waals surface area contributed by atoms with E-state index in [-0.39, 0.29) is 12.1 Å². The fourth-order valence-corrected chi connectivity index (χ4v) is 3.03. The van der Waals surface area contributed by atoms with E-state index in [2.05, 4.69) is 21.6 Å². The van der Waals surface area contributed by atoms with Crippen LogP contribution in [0, 0.1) is 0 Å². The van der Waals surface area contributed by atoms with E-state index in [1.165, 1.54) is 5.56 Å². The first kappa shape index (κ1) is 13.8. The van der Waals surface area contributed by atoms with Gasteiger partial charge in [0, 0.05) is 18.4 Å². The zero-order valence-corrected chi connectivity index (χ0v) is 12.8. The molecule has 0 radical (unpaired) electrons. The molecule has 3 aromatic rings. The second-order valence-electron chi connectivity index (χ2n) is 5.69. The normalized spacial score (nSPS) is 14.7. The molecule has 4 rings (SSSR count). The summed E-state index contributed by atoms with van der Waals surface area (Å²) in [5.74, 6) is 0.724. The fourth-order valence-electron chi connectivity index (χ4n) is 3.03. The maximum absolute atomic E-state index is 12.6. The van der Waals surface area contributed by atoms with Gasteiger partial charge in [-0.1, -0.05) is 24.3 Å². The average Bonchev–Trinajstić information content (AvgIpc) is 3.19. The zero-order valence-electron chi connectivity index (χ0n) is 12.8. The van der Waals surface area contributed by atoms with Crippen molar-refractivity contribution in [2.45, 2.75) is 19.4 Å². The van der Waals surface area contributed by atoms with Gasteiger partial charge in [-0.2, -0.15) is 0 Å².